The summed E-state index contributed by atoms with van der Waals surface area (Å²) in [6.45, 7) is 5.34. The second-order valence-corrected chi connectivity index (χ2v) is 5.60. The predicted molar refractivity (Wildman–Crippen MR) is 72.0 cm³/mol. The van der Waals surface area contributed by atoms with E-state index in [0.717, 1.165) is 5.69 Å². The summed E-state index contributed by atoms with van der Waals surface area (Å²) in [6.07, 6.45) is 7.58. The summed E-state index contributed by atoms with van der Waals surface area (Å²) in [7, 11) is 0. The van der Waals surface area contributed by atoms with E-state index in [0.29, 0.717) is 6.71 Å². The summed E-state index contributed by atoms with van der Waals surface area (Å²) in [5.41, 5.74) is 15.4. The van der Waals surface area contributed by atoms with Crippen molar-refractivity contribution in [1.29, 1.82) is 0 Å². The highest BCUT2D eigenvalue weighted by atomic mass is 14.6. The Balaban J connectivity index is 2.31. The van der Waals surface area contributed by atoms with Gasteiger partial charge in [0.25, 0.3) is 0 Å². The van der Waals surface area contributed by atoms with E-state index in [4.69, 9.17) is 5.73 Å². The number of rotatable bonds is 1. The van der Waals surface area contributed by atoms with Gasteiger partial charge in [0.1, 0.15) is 0 Å². The van der Waals surface area contributed by atoms with Crippen molar-refractivity contribution in [2.24, 2.45) is 0 Å². The SMILES string of the molecule is CB(C)c1c2c(c(N)c3c1CCC3)CCC2. The highest BCUT2D eigenvalue weighted by Gasteiger charge is 2.28. The number of anilines is 1. The molecule has 3 rings (SSSR count). The van der Waals surface area contributed by atoms with Crippen molar-refractivity contribution < 1.29 is 0 Å². The second kappa shape index (κ2) is 3.54. The summed E-state index contributed by atoms with van der Waals surface area (Å²) >= 11 is 0. The molecule has 84 valence electrons. The van der Waals surface area contributed by atoms with Crippen LogP contribution >= 0.6 is 0 Å². The topological polar surface area (TPSA) is 26.0 Å². The summed E-state index contributed by atoms with van der Waals surface area (Å²) in [4.78, 5) is 0. The molecule has 2 heteroatoms. The lowest BCUT2D eigenvalue weighted by atomic mass is 9.46. The van der Waals surface area contributed by atoms with Crippen molar-refractivity contribution in [2.45, 2.75) is 52.2 Å². The van der Waals surface area contributed by atoms with Crippen LogP contribution in [0.4, 0.5) is 5.69 Å². The molecule has 2 aliphatic rings. The van der Waals surface area contributed by atoms with Crippen molar-refractivity contribution >= 4 is 17.9 Å². The van der Waals surface area contributed by atoms with Gasteiger partial charge in [0.2, 0.25) is 0 Å². The van der Waals surface area contributed by atoms with Crippen LogP contribution < -0.4 is 11.2 Å². The van der Waals surface area contributed by atoms with Crippen LogP contribution in [0, 0.1) is 0 Å². The van der Waals surface area contributed by atoms with Crippen LogP contribution in [0.15, 0.2) is 0 Å². The highest BCUT2D eigenvalue weighted by Crippen LogP contribution is 2.35. The van der Waals surface area contributed by atoms with Gasteiger partial charge in [-0.3, -0.25) is 0 Å². The maximum atomic E-state index is 6.36. The van der Waals surface area contributed by atoms with Gasteiger partial charge >= 0.3 is 0 Å². The van der Waals surface area contributed by atoms with Gasteiger partial charge in [-0.05, 0) is 60.8 Å². The van der Waals surface area contributed by atoms with Gasteiger partial charge in [0.15, 0.2) is 6.71 Å². The first-order valence-corrected chi connectivity index (χ1v) is 6.65. The molecule has 1 aromatic carbocycles. The minimum atomic E-state index is 0.666. The van der Waals surface area contributed by atoms with Gasteiger partial charge in [-0.1, -0.05) is 19.1 Å². The maximum Gasteiger partial charge on any atom is 0.170 e. The third-order valence-electron chi connectivity index (χ3n) is 4.31. The van der Waals surface area contributed by atoms with Gasteiger partial charge in [-0.25, -0.2) is 0 Å². The Kier molecular flexibility index (Phi) is 2.27. The zero-order valence-electron chi connectivity index (χ0n) is 10.4. The molecule has 0 unspecified atom stereocenters. The van der Waals surface area contributed by atoms with E-state index in [2.05, 4.69) is 13.6 Å². The Morgan fingerprint density at radius 3 is 1.69 bits per heavy atom. The molecule has 0 saturated heterocycles. The van der Waals surface area contributed by atoms with Crippen LogP contribution in [-0.2, 0) is 25.7 Å². The van der Waals surface area contributed by atoms with E-state index < -0.39 is 0 Å². The number of nitrogens with two attached hydrogens (primary N) is 1. The number of hydrogen-bond donors (Lipinski definition) is 1. The minimum absolute atomic E-state index is 0.666. The number of nitrogen functional groups attached to an aromatic ring is 1. The maximum absolute atomic E-state index is 6.36. The Bertz CT molecular complexity index is 414. The Morgan fingerprint density at radius 1 is 0.812 bits per heavy atom. The zero-order chi connectivity index (χ0) is 11.3. The van der Waals surface area contributed by atoms with Gasteiger partial charge in [0.05, 0.1) is 0 Å². The van der Waals surface area contributed by atoms with Crippen molar-refractivity contribution in [1.82, 2.24) is 0 Å². The molecule has 0 aromatic heterocycles. The number of fused-ring (bicyclic) bond motifs is 2. The molecule has 0 fully saturated rings. The summed E-state index contributed by atoms with van der Waals surface area (Å²) < 4.78 is 0. The molecular formula is C14H20BN. The fraction of sp³-hybridized carbons (Fsp3) is 0.571. The van der Waals surface area contributed by atoms with Crippen LogP contribution in [0.5, 0.6) is 0 Å². The van der Waals surface area contributed by atoms with Crippen LogP contribution in [0.2, 0.25) is 13.6 Å². The summed E-state index contributed by atoms with van der Waals surface area (Å²) in [5.74, 6) is 0. The van der Waals surface area contributed by atoms with Gasteiger partial charge < -0.3 is 5.73 Å². The molecule has 0 saturated carbocycles. The number of hydrogen-bond acceptors (Lipinski definition) is 1. The third-order valence-corrected chi connectivity index (χ3v) is 4.31. The first kappa shape index (κ1) is 10.3. The lowest BCUT2D eigenvalue weighted by molar-refractivity contribution is 0.901. The largest absolute Gasteiger partial charge is 0.398 e. The number of benzene rings is 1. The molecule has 2 N–H and O–H groups in total. The molecule has 0 heterocycles. The molecule has 0 aliphatic heterocycles. The quantitative estimate of drug-likeness (QED) is 0.561. The predicted octanol–water partition coefficient (Wildman–Crippen LogP) is 2.21. The molecule has 0 spiro atoms. The lowest BCUT2D eigenvalue weighted by Gasteiger charge is -2.19. The summed E-state index contributed by atoms with van der Waals surface area (Å²) in [6, 6.07) is 0. The molecule has 1 aromatic rings. The van der Waals surface area contributed by atoms with Gasteiger partial charge in [-0.15, -0.1) is 0 Å². The average molecular weight is 213 g/mol. The van der Waals surface area contributed by atoms with Crippen molar-refractivity contribution in [3.8, 4) is 0 Å². The normalized spacial score (nSPS) is 17.4. The average Bonchev–Trinajstić information content (AvgIpc) is 2.84. The fourth-order valence-corrected chi connectivity index (χ4v) is 3.74. The van der Waals surface area contributed by atoms with Crippen molar-refractivity contribution in [2.75, 3.05) is 5.73 Å². The Labute approximate surface area is 98.5 Å². The standard InChI is InChI=1S/C14H20BN/c1-15(2)13-9-5-3-7-11(9)14(16)12-8-4-6-10(12)13/h3-8,16H2,1-2H3. The fourth-order valence-electron chi connectivity index (χ4n) is 3.74. The Hall–Kier alpha value is -0.915. The van der Waals surface area contributed by atoms with Crippen molar-refractivity contribution in [3.63, 3.8) is 0 Å². The second-order valence-electron chi connectivity index (χ2n) is 5.60. The van der Waals surface area contributed by atoms with E-state index >= 15 is 0 Å². The van der Waals surface area contributed by atoms with Crippen LogP contribution in [0.1, 0.15) is 35.1 Å². The molecule has 1 nitrogen and oxygen atoms in total. The minimum Gasteiger partial charge on any atom is -0.398 e. The van der Waals surface area contributed by atoms with Crippen molar-refractivity contribution in [3.05, 3.63) is 22.3 Å². The monoisotopic (exact) mass is 213 g/mol. The van der Waals surface area contributed by atoms with Crippen LogP contribution in [-0.4, -0.2) is 6.71 Å². The van der Waals surface area contributed by atoms with Gasteiger partial charge in [0, 0.05) is 5.69 Å². The van der Waals surface area contributed by atoms with E-state index in [1.807, 2.05) is 0 Å². The van der Waals surface area contributed by atoms with E-state index in [1.165, 1.54) is 49.7 Å². The molecule has 0 radical (unpaired) electrons. The van der Waals surface area contributed by atoms with Crippen LogP contribution in [0.25, 0.3) is 0 Å². The molecule has 0 amide bonds. The molecule has 0 atom stereocenters. The van der Waals surface area contributed by atoms with Gasteiger partial charge in [-0.2, -0.15) is 0 Å². The Morgan fingerprint density at radius 2 is 1.25 bits per heavy atom. The van der Waals surface area contributed by atoms with Crippen LogP contribution in [0.3, 0.4) is 0 Å². The molecule has 0 bridgehead atoms. The lowest BCUT2D eigenvalue weighted by Crippen LogP contribution is -2.31. The first-order valence-electron chi connectivity index (χ1n) is 6.65. The molecular weight excluding hydrogens is 193 g/mol. The molecule has 2 aliphatic carbocycles. The third kappa shape index (κ3) is 1.25. The molecule has 16 heavy (non-hydrogen) atoms. The van der Waals surface area contributed by atoms with E-state index in [9.17, 15) is 0 Å². The smallest absolute Gasteiger partial charge is 0.170 e. The zero-order valence-corrected chi connectivity index (χ0v) is 10.4. The van der Waals surface area contributed by atoms with E-state index in [-0.39, 0.29) is 0 Å². The first-order chi connectivity index (χ1) is 7.70. The highest BCUT2D eigenvalue weighted by molar-refractivity contribution is 6.71. The summed E-state index contributed by atoms with van der Waals surface area (Å²) in [5, 5.41) is 0. The van der Waals surface area contributed by atoms with E-state index in [1.54, 1.807) is 16.6 Å².